The van der Waals surface area contributed by atoms with Gasteiger partial charge in [0.15, 0.2) is 0 Å². The topological polar surface area (TPSA) is 69.7 Å². The molecule has 7 heteroatoms. The molecule has 2 fully saturated rings. The van der Waals surface area contributed by atoms with Crippen LogP contribution in [0.15, 0.2) is 23.1 Å². The van der Waals surface area contributed by atoms with Gasteiger partial charge in [0.25, 0.3) is 5.91 Å². The number of hydrogen-bond acceptors (Lipinski definition) is 4. The van der Waals surface area contributed by atoms with Gasteiger partial charge in [0, 0.05) is 54.7 Å². The van der Waals surface area contributed by atoms with Gasteiger partial charge in [-0.1, -0.05) is 12.8 Å². The van der Waals surface area contributed by atoms with Crippen molar-refractivity contribution in [1.29, 1.82) is 0 Å². The molecular formula is C22H29N3O3S. The Balaban J connectivity index is 1.36. The molecule has 0 saturated carbocycles. The highest BCUT2D eigenvalue weighted by atomic mass is 32.2. The minimum atomic E-state index is -0.0167. The fourth-order valence-electron chi connectivity index (χ4n) is 4.41. The van der Waals surface area contributed by atoms with E-state index in [1.807, 2.05) is 21.9 Å². The first-order valence-corrected chi connectivity index (χ1v) is 11.7. The van der Waals surface area contributed by atoms with E-state index in [4.69, 9.17) is 0 Å². The van der Waals surface area contributed by atoms with E-state index in [-0.39, 0.29) is 23.6 Å². The molecule has 3 amide bonds. The van der Waals surface area contributed by atoms with Crippen LogP contribution in [-0.2, 0) is 9.59 Å². The molecule has 0 spiro atoms. The maximum atomic E-state index is 13.0. The number of hydrogen-bond donors (Lipinski definition) is 1. The van der Waals surface area contributed by atoms with Crippen LogP contribution < -0.4 is 5.32 Å². The molecule has 0 atom stereocenters. The molecule has 4 rings (SSSR count). The van der Waals surface area contributed by atoms with Crippen molar-refractivity contribution < 1.29 is 14.4 Å². The van der Waals surface area contributed by atoms with Crippen LogP contribution in [0.25, 0.3) is 0 Å². The molecule has 0 radical (unpaired) electrons. The molecule has 156 valence electrons. The highest BCUT2D eigenvalue weighted by Gasteiger charge is 2.31. The lowest BCUT2D eigenvalue weighted by Crippen LogP contribution is -2.44. The van der Waals surface area contributed by atoms with Crippen LogP contribution in [0, 0.1) is 5.92 Å². The largest absolute Gasteiger partial charge is 0.342 e. The zero-order valence-corrected chi connectivity index (χ0v) is 17.6. The van der Waals surface area contributed by atoms with Crippen molar-refractivity contribution in [2.24, 2.45) is 5.92 Å². The number of carbonyl (C=O) groups is 3. The summed E-state index contributed by atoms with van der Waals surface area (Å²) in [5, 5.41) is 2.90. The lowest BCUT2D eigenvalue weighted by molar-refractivity contribution is -0.136. The van der Waals surface area contributed by atoms with Gasteiger partial charge in [-0.05, 0) is 43.9 Å². The van der Waals surface area contributed by atoms with E-state index < -0.39 is 0 Å². The van der Waals surface area contributed by atoms with Crippen molar-refractivity contribution in [3.63, 3.8) is 0 Å². The van der Waals surface area contributed by atoms with Crippen LogP contribution in [0.3, 0.4) is 0 Å². The zero-order chi connectivity index (χ0) is 20.2. The molecule has 6 nitrogen and oxygen atoms in total. The summed E-state index contributed by atoms with van der Waals surface area (Å²) in [4.78, 5) is 42.6. The molecule has 1 aromatic rings. The molecule has 3 aliphatic heterocycles. The Labute approximate surface area is 176 Å². The van der Waals surface area contributed by atoms with E-state index in [0.29, 0.717) is 25.1 Å². The standard InChI is InChI=1S/C22H29N3O3S/c26-20-9-14-29-19-6-5-17(15-18(19)23-20)22(28)25-12-7-16(8-13-25)21(27)24-10-3-1-2-4-11-24/h5-6,15-16H,1-4,7-14H2,(H,23,26). The summed E-state index contributed by atoms with van der Waals surface area (Å²) in [5.74, 6) is 1.05. The Kier molecular flexibility index (Phi) is 6.43. The number of nitrogens with one attached hydrogen (secondary N) is 1. The summed E-state index contributed by atoms with van der Waals surface area (Å²) < 4.78 is 0. The fourth-order valence-corrected chi connectivity index (χ4v) is 5.35. The van der Waals surface area contributed by atoms with Gasteiger partial charge in [-0.2, -0.15) is 0 Å². The van der Waals surface area contributed by atoms with E-state index in [1.54, 1.807) is 17.8 Å². The maximum Gasteiger partial charge on any atom is 0.253 e. The van der Waals surface area contributed by atoms with Gasteiger partial charge in [0.1, 0.15) is 0 Å². The minimum Gasteiger partial charge on any atom is -0.342 e. The Morgan fingerprint density at radius 1 is 0.966 bits per heavy atom. The molecule has 1 aromatic carbocycles. The van der Waals surface area contributed by atoms with Gasteiger partial charge in [-0.15, -0.1) is 11.8 Å². The van der Waals surface area contributed by atoms with E-state index in [9.17, 15) is 14.4 Å². The maximum absolute atomic E-state index is 13.0. The summed E-state index contributed by atoms with van der Waals surface area (Å²) in [6.45, 7) is 3.00. The average molecular weight is 416 g/mol. The van der Waals surface area contributed by atoms with Gasteiger partial charge in [0.05, 0.1) is 5.69 Å². The van der Waals surface area contributed by atoms with Crippen LogP contribution in [0.4, 0.5) is 5.69 Å². The summed E-state index contributed by atoms with van der Waals surface area (Å²) in [6.07, 6.45) is 6.61. The summed E-state index contributed by atoms with van der Waals surface area (Å²) >= 11 is 1.64. The Bertz CT molecular complexity index is 782. The third-order valence-corrected chi connectivity index (χ3v) is 7.21. The van der Waals surface area contributed by atoms with Crippen molar-refractivity contribution in [2.75, 3.05) is 37.2 Å². The Morgan fingerprint density at radius 2 is 1.69 bits per heavy atom. The minimum absolute atomic E-state index is 0.00584. The number of rotatable bonds is 2. The lowest BCUT2D eigenvalue weighted by atomic mass is 9.94. The highest BCUT2D eigenvalue weighted by molar-refractivity contribution is 7.99. The van der Waals surface area contributed by atoms with Crippen LogP contribution in [0.2, 0.25) is 0 Å². The number of likely N-dealkylation sites (tertiary alicyclic amines) is 2. The lowest BCUT2D eigenvalue weighted by Gasteiger charge is -2.34. The summed E-state index contributed by atoms with van der Waals surface area (Å²) in [5.41, 5.74) is 1.33. The van der Waals surface area contributed by atoms with Crippen LogP contribution >= 0.6 is 11.8 Å². The first-order chi connectivity index (χ1) is 14.1. The number of amides is 3. The third kappa shape index (κ3) is 4.77. The molecule has 2 saturated heterocycles. The predicted octanol–water partition coefficient (Wildman–Crippen LogP) is 3.38. The second-order valence-electron chi connectivity index (χ2n) is 8.16. The molecule has 29 heavy (non-hydrogen) atoms. The Hall–Kier alpha value is -2.02. The monoisotopic (exact) mass is 415 g/mol. The molecule has 0 bridgehead atoms. The third-order valence-electron chi connectivity index (χ3n) is 6.14. The molecule has 0 aliphatic carbocycles. The number of benzene rings is 1. The number of nitrogens with zero attached hydrogens (tertiary/aromatic N) is 2. The van der Waals surface area contributed by atoms with E-state index in [2.05, 4.69) is 5.32 Å². The molecule has 3 aliphatic rings. The first kappa shape index (κ1) is 20.3. The van der Waals surface area contributed by atoms with Gasteiger partial charge >= 0.3 is 0 Å². The van der Waals surface area contributed by atoms with Crippen LogP contribution in [0.5, 0.6) is 0 Å². The highest BCUT2D eigenvalue weighted by Crippen LogP contribution is 2.32. The predicted molar refractivity (Wildman–Crippen MR) is 114 cm³/mol. The van der Waals surface area contributed by atoms with E-state index in [0.717, 1.165) is 55.1 Å². The van der Waals surface area contributed by atoms with Crippen LogP contribution in [0.1, 0.15) is 55.3 Å². The fraction of sp³-hybridized carbons (Fsp3) is 0.591. The second kappa shape index (κ2) is 9.20. The van der Waals surface area contributed by atoms with Crippen molar-refractivity contribution >= 4 is 35.2 Å². The summed E-state index contributed by atoms with van der Waals surface area (Å²) in [7, 11) is 0. The molecular weight excluding hydrogens is 386 g/mol. The summed E-state index contributed by atoms with van der Waals surface area (Å²) in [6, 6.07) is 5.57. The number of carbonyl (C=O) groups excluding carboxylic acids is 3. The smallest absolute Gasteiger partial charge is 0.253 e. The first-order valence-electron chi connectivity index (χ1n) is 10.8. The quantitative estimate of drug-likeness (QED) is 0.804. The van der Waals surface area contributed by atoms with Gasteiger partial charge < -0.3 is 15.1 Å². The van der Waals surface area contributed by atoms with Crippen molar-refractivity contribution in [1.82, 2.24) is 9.80 Å². The van der Waals surface area contributed by atoms with Crippen LogP contribution in [-0.4, -0.2) is 59.5 Å². The normalized spacial score (nSPS) is 21.0. The number of thioether (sulfide) groups is 1. The van der Waals surface area contributed by atoms with Gasteiger partial charge in [-0.25, -0.2) is 0 Å². The number of fused-ring (bicyclic) bond motifs is 1. The van der Waals surface area contributed by atoms with Gasteiger partial charge in [0.2, 0.25) is 11.8 Å². The average Bonchev–Trinajstić information content (AvgIpc) is 3.12. The molecule has 0 aromatic heterocycles. The SMILES string of the molecule is O=C1CCSc2ccc(C(=O)N3CCC(C(=O)N4CCCCCC4)CC3)cc2N1. The number of anilines is 1. The van der Waals surface area contributed by atoms with E-state index in [1.165, 1.54) is 12.8 Å². The molecule has 1 N–H and O–H groups in total. The van der Waals surface area contributed by atoms with Crippen molar-refractivity contribution in [3.8, 4) is 0 Å². The zero-order valence-electron chi connectivity index (χ0n) is 16.8. The molecule has 3 heterocycles. The van der Waals surface area contributed by atoms with Crippen molar-refractivity contribution in [2.45, 2.75) is 49.8 Å². The van der Waals surface area contributed by atoms with Gasteiger partial charge in [-0.3, -0.25) is 14.4 Å². The Morgan fingerprint density at radius 3 is 2.41 bits per heavy atom. The van der Waals surface area contributed by atoms with Crippen molar-refractivity contribution in [3.05, 3.63) is 23.8 Å². The second-order valence-corrected chi connectivity index (χ2v) is 9.30. The van der Waals surface area contributed by atoms with E-state index >= 15 is 0 Å². The number of piperidine rings is 1. The molecule has 0 unspecified atom stereocenters.